The van der Waals surface area contributed by atoms with Gasteiger partial charge in [0.05, 0.1) is 6.20 Å². The molecule has 0 aliphatic rings. The van der Waals surface area contributed by atoms with E-state index in [9.17, 15) is 8.78 Å². The van der Waals surface area contributed by atoms with Crippen molar-refractivity contribution in [2.24, 2.45) is 0 Å². The van der Waals surface area contributed by atoms with Gasteiger partial charge < -0.3 is 10.6 Å². The highest BCUT2D eigenvalue weighted by molar-refractivity contribution is 5.53. The summed E-state index contributed by atoms with van der Waals surface area (Å²) < 4.78 is 27.1. The molecule has 2 heterocycles. The summed E-state index contributed by atoms with van der Waals surface area (Å²) in [6.07, 6.45) is 2.58. The quantitative estimate of drug-likeness (QED) is 0.907. The maximum Gasteiger partial charge on any atom is 0.170 e. The average molecular weight is 292 g/mol. The van der Waals surface area contributed by atoms with E-state index in [-0.39, 0.29) is 11.4 Å². The minimum absolute atomic E-state index is 0.0716. The van der Waals surface area contributed by atoms with Gasteiger partial charge in [-0.05, 0) is 39.0 Å². The molecule has 0 saturated heterocycles. The van der Waals surface area contributed by atoms with Gasteiger partial charge in [0.25, 0.3) is 0 Å². The van der Waals surface area contributed by atoms with E-state index in [4.69, 9.17) is 0 Å². The lowest BCUT2D eigenvalue weighted by Gasteiger charge is -2.21. The molecule has 112 valence electrons. The van der Waals surface area contributed by atoms with E-state index in [1.807, 2.05) is 20.8 Å². The van der Waals surface area contributed by atoms with Gasteiger partial charge in [0.2, 0.25) is 0 Å². The standard InChI is InChI=1S/C15H18F2N4/c1-15(2,3)20-8-10-6-7-18-14(13(10)17)21-12-5-4-11(16)9-19-12/h4-7,9,20H,8H2,1-3H3,(H,18,19,21). The lowest BCUT2D eigenvalue weighted by atomic mass is 10.1. The summed E-state index contributed by atoms with van der Waals surface area (Å²) >= 11 is 0. The Bertz CT molecular complexity index is 606. The van der Waals surface area contributed by atoms with E-state index in [0.29, 0.717) is 17.9 Å². The van der Waals surface area contributed by atoms with Crippen LogP contribution in [0.1, 0.15) is 26.3 Å². The first-order valence-electron chi connectivity index (χ1n) is 6.62. The molecule has 2 aromatic heterocycles. The van der Waals surface area contributed by atoms with Gasteiger partial charge in [0.1, 0.15) is 11.6 Å². The maximum atomic E-state index is 14.3. The summed E-state index contributed by atoms with van der Waals surface area (Å²) in [5, 5.41) is 5.96. The molecule has 0 aliphatic carbocycles. The molecule has 21 heavy (non-hydrogen) atoms. The Hall–Kier alpha value is -2.08. The number of halogens is 2. The third-order valence-corrected chi connectivity index (χ3v) is 2.75. The van der Waals surface area contributed by atoms with E-state index in [1.165, 1.54) is 18.3 Å². The summed E-state index contributed by atoms with van der Waals surface area (Å²) in [7, 11) is 0. The van der Waals surface area contributed by atoms with Crippen molar-refractivity contribution in [2.75, 3.05) is 5.32 Å². The summed E-state index contributed by atoms with van der Waals surface area (Å²) in [6.45, 7) is 6.42. The molecular weight excluding hydrogens is 274 g/mol. The SMILES string of the molecule is CC(C)(C)NCc1ccnc(Nc2ccc(F)cn2)c1F. The Morgan fingerprint density at radius 3 is 2.48 bits per heavy atom. The first-order valence-corrected chi connectivity index (χ1v) is 6.62. The van der Waals surface area contributed by atoms with Crippen molar-refractivity contribution in [1.29, 1.82) is 0 Å². The van der Waals surface area contributed by atoms with Crippen LogP contribution in [0.4, 0.5) is 20.4 Å². The molecule has 0 atom stereocenters. The molecule has 0 radical (unpaired) electrons. The predicted octanol–water partition coefficient (Wildman–Crippen LogP) is 3.39. The van der Waals surface area contributed by atoms with Crippen LogP contribution in [0.15, 0.2) is 30.6 Å². The van der Waals surface area contributed by atoms with E-state index in [1.54, 1.807) is 6.07 Å². The normalized spacial score (nSPS) is 11.5. The monoisotopic (exact) mass is 292 g/mol. The number of hydrogen-bond acceptors (Lipinski definition) is 4. The van der Waals surface area contributed by atoms with Crippen molar-refractivity contribution < 1.29 is 8.78 Å². The van der Waals surface area contributed by atoms with E-state index < -0.39 is 11.6 Å². The van der Waals surface area contributed by atoms with E-state index in [2.05, 4.69) is 20.6 Å². The summed E-state index contributed by atoms with van der Waals surface area (Å²) in [5.41, 5.74) is 0.395. The Balaban J connectivity index is 2.15. The van der Waals surface area contributed by atoms with Crippen molar-refractivity contribution in [1.82, 2.24) is 15.3 Å². The molecule has 2 aromatic rings. The average Bonchev–Trinajstić information content (AvgIpc) is 2.41. The zero-order valence-corrected chi connectivity index (χ0v) is 12.2. The first-order chi connectivity index (χ1) is 9.85. The van der Waals surface area contributed by atoms with Crippen molar-refractivity contribution in [3.05, 3.63) is 47.8 Å². The zero-order valence-electron chi connectivity index (χ0n) is 12.2. The van der Waals surface area contributed by atoms with Crippen LogP contribution < -0.4 is 10.6 Å². The highest BCUT2D eigenvalue weighted by atomic mass is 19.1. The molecule has 0 amide bonds. The molecule has 4 nitrogen and oxygen atoms in total. The van der Waals surface area contributed by atoms with Crippen LogP contribution in [-0.4, -0.2) is 15.5 Å². The van der Waals surface area contributed by atoms with Gasteiger partial charge in [0, 0.05) is 23.8 Å². The highest BCUT2D eigenvalue weighted by Gasteiger charge is 2.13. The predicted molar refractivity (Wildman–Crippen MR) is 78.3 cm³/mol. The van der Waals surface area contributed by atoms with Gasteiger partial charge in [0.15, 0.2) is 11.6 Å². The largest absolute Gasteiger partial charge is 0.322 e. The van der Waals surface area contributed by atoms with Gasteiger partial charge in [-0.25, -0.2) is 18.7 Å². The van der Waals surface area contributed by atoms with Gasteiger partial charge in [-0.15, -0.1) is 0 Å². The molecule has 0 bridgehead atoms. The number of nitrogens with one attached hydrogen (secondary N) is 2. The smallest absolute Gasteiger partial charge is 0.170 e. The molecule has 2 N–H and O–H groups in total. The Morgan fingerprint density at radius 2 is 1.86 bits per heavy atom. The number of rotatable bonds is 4. The lowest BCUT2D eigenvalue weighted by molar-refractivity contribution is 0.418. The number of nitrogens with zero attached hydrogens (tertiary/aromatic N) is 2. The first kappa shape index (κ1) is 15.3. The maximum absolute atomic E-state index is 14.3. The molecular formula is C15H18F2N4. The fourth-order valence-corrected chi connectivity index (χ4v) is 1.64. The molecule has 0 fully saturated rings. The van der Waals surface area contributed by atoms with Crippen LogP contribution in [0.25, 0.3) is 0 Å². The molecule has 0 aliphatic heterocycles. The summed E-state index contributed by atoms with van der Waals surface area (Å²) in [4.78, 5) is 7.77. The number of aromatic nitrogens is 2. The zero-order chi connectivity index (χ0) is 15.5. The number of pyridine rings is 2. The second-order valence-corrected chi connectivity index (χ2v) is 5.72. The third kappa shape index (κ3) is 4.46. The Labute approximate surface area is 122 Å². The second kappa shape index (κ2) is 6.13. The van der Waals surface area contributed by atoms with Crippen molar-refractivity contribution >= 4 is 11.6 Å². The van der Waals surface area contributed by atoms with Crippen LogP contribution in [0.2, 0.25) is 0 Å². The minimum atomic E-state index is -0.447. The molecule has 0 unspecified atom stereocenters. The second-order valence-electron chi connectivity index (χ2n) is 5.72. The fraction of sp³-hybridized carbons (Fsp3) is 0.333. The fourth-order valence-electron chi connectivity index (χ4n) is 1.64. The van der Waals surface area contributed by atoms with Crippen molar-refractivity contribution in [2.45, 2.75) is 32.9 Å². The van der Waals surface area contributed by atoms with E-state index in [0.717, 1.165) is 6.20 Å². The van der Waals surface area contributed by atoms with Crippen LogP contribution in [0.5, 0.6) is 0 Å². The molecule has 0 aromatic carbocycles. The van der Waals surface area contributed by atoms with Gasteiger partial charge >= 0.3 is 0 Å². The topological polar surface area (TPSA) is 49.8 Å². The number of anilines is 2. The Kier molecular flexibility index (Phi) is 4.47. The van der Waals surface area contributed by atoms with Crippen LogP contribution in [-0.2, 0) is 6.54 Å². The van der Waals surface area contributed by atoms with Crippen molar-refractivity contribution in [3.8, 4) is 0 Å². The molecule has 0 saturated carbocycles. The van der Waals surface area contributed by atoms with Crippen LogP contribution >= 0.6 is 0 Å². The molecule has 0 spiro atoms. The lowest BCUT2D eigenvalue weighted by Crippen LogP contribution is -2.35. The number of hydrogen-bond donors (Lipinski definition) is 2. The van der Waals surface area contributed by atoms with Gasteiger partial charge in [-0.1, -0.05) is 0 Å². The Morgan fingerprint density at radius 1 is 1.10 bits per heavy atom. The van der Waals surface area contributed by atoms with Crippen LogP contribution in [0.3, 0.4) is 0 Å². The summed E-state index contributed by atoms with van der Waals surface area (Å²) in [6, 6.07) is 4.30. The van der Waals surface area contributed by atoms with Gasteiger partial charge in [-0.2, -0.15) is 0 Å². The van der Waals surface area contributed by atoms with E-state index >= 15 is 0 Å². The minimum Gasteiger partial charge on any atom is -0.322 e. The van der Waals surface area contributed by atoms with Crippen LogP contribution in [0, 0.1) is 11.6 Å². The summed E-state index contributed by atoms with van der Waals surface area (Å²) in [5.74, 6) is -0.483. The van der Waals surface area contributed by atoms with Crippen molar-refractivity contribution in [3.63, 3.8) is 0 Å². The third-order valence-electron chi connectivity index (χ3n) is 2.75. The van der Waals surface area contributed by atoms with Gasteiger partial charge in [-0.3, -0.25) is 0 Å². The molecule has 6 heteroatoms. The molecule has 2 rings (SSSR count). The highest BCUT2D eigenvalue weighted by Crippen LogP contribution is 2.19.